The molecule has 0 atom stereocenters. The van der Waals surface area contributed by atoms with E-state index in [1.54, 1.807) is 6.33 Å². The van der Waals surface area contributed by atoms with E-state index in [2.05, 4.69) is 31.8 Å². The summed E-state index contributed by atoms with van der Waals surface area (Å²) in [7, 11) is 0. The number of hydrogen-bond acceptors (Lipinski definition) is 4. The van der Waals surface area contributed by atoms with Gasteiger partial charge >= 0.3 is 0 Å². The topological polar surface area (TPSA) is 55.6 Å². The van der Waals surface area contributed by atoms with Crippen molar-refractivity contribution in [2.75, 3.05) is 13.1 Å². The zero-order valence-electron chi connectivity index (χ0n) is 10.5. The minimum absolute atomic E-state index is 0.178. The summed E-state index contributed by atoms with van der Waals surface area (Å²) in [5, 5.41) is 3.41. The SMILES string of the molecule is CC1(c2cncn2-c2cncnc2)CCNCC1. The van der Waals surface area contributed by atoms with Gasteiger partial charge in [0, 0.05) is 17.3 Å². The minimum atomic E-state index is 0.178. The van der Waals surface area contributed by atoms with Crippen LogP contribution in [0.4, 0.5) is 0 Å². The lowest BCUT2D eigenvalue weighted by atomic mass is 9.78. The van der Waals surface area contributed by atoms with E-state index < -0.39 is 0 Å². The Morgan fingerprint density at radius 1 is 1.11 bits per heavy atom. The van der Waals surface area contributed by atoms with Gasteiger partial charge < -0.3 is 5.32 Å². The molecule has 1 fully saturated rings. The first kappa shape index (κ1) is 11.3. The Labute approximate surface area is 106 Å². The van der Waals surface area contributed by atoms with E-state index in [-0.39, 0.29) is 5.41 Å². The molecule has 0 aromatic carbocycles. The van der Waals surface area contributed by atoms with Gasteiger partial charge in [-0.05, 0) is 25.9 Å². The molecular weight excluding hydrogens is 226 g/mol. The molecule has 94 valence electrons. The molecule has 3 heterocycles. The van der Waals surface area contributed by atoms with Crippen molar-refractivity contribution in [2.45, 2.75) is 25.2 Å². The standard InChI is InChI=1S/C13H17N5/c1-13(2-4-14-5-3-13)12-8-17-10-18(12)11-6-15-9-16-7-11/h6-10,14H,2-5H2,1H3. The summed E-state index contributed by atoms with van der Waals surface area (Å²) in [6.45, 7) is 4.44. The van der Waals surface area contributed by atoms with E-state index >= 15 is 0 Å². The molecule has 1 saturated heterocycles. The Morgan fingerprint density at radius 3 is 2.56 bits per heavy atom. The van der Waals surface area contributed by atoms with Crippen LogP contribution in [0.25, 0.3) is 5.69 Å². The Morgan fingerprint density at radius 2 is 1.83 bits per heavy atom. The Balaban J connectivity index is 2.01. The van der Waals surface area contributed by atoms with Crippen molar-refractivity contribution in [3.63, 3.8) is 0 Å². The number of nitrogens with zero attached hydrogens (tertiary/aromatic N) is 4. The molecule has 1 aliphatic heterocycles. The van der Waals surface area contributed by atoms with Crippen molar-refractivity contribution in [2.24, 2.45) is 0 Å². The number of rotatable bonds is 2. The average Bonchev–Trinajstić information content (AvgIpc) is 2.91. The molecule has 2 aromatic heterocycles. The fourth-order valence-corrected chi connectivity index (χ4v) is 2.60. The van der Waals surface area contributed by atoms with Gasteiger partial charge in [-0.3, -0.25) is 4.57 Å². The highest BCUT2D eigenvalue weighted by atomic mass is 15.1. The molecule has 0 saturated carbocycles. The van der Waals surface area contributed by atoms with Crippen LogP contribution in [0.2, 0.25) is 0 Å². The van der Waals surface area contributed by atoms with E-state index in [1.807, 2.05) is 24.9 Å². The van der Waals surface area contributed by atoms with Gasteiger partial charge in [0.25, 0.3) is 0 Å². The summed E-state index contributed by atoms with van der Waals surface area (Å²) in [5.41, 5.74) is 2.40. The van der Waals surface area contributed by atoms with Crippen molar-refractivity contribution >= 4 is 0 Å². The lowest BCUT2D eigenvalue weighted by Gasteiger charge is -2.34. The first-order valence-corrected chi connectivity index (χ1v) is 6.28. The molecule has 5 heteroatoms. The molecule has 3 rings (SSSR count). The number of aromatic nitrogens is 4. The predicted octanol–water partition coefficient (Wildman–Crippen LogP) is 1.30. The molecule has 0 aliphatic carbocycles. The van der Waals surface area contributed by atoms with Gasteiger partial charge in [-0.2, -0.15) is 0 Å². The number of hydrogen-bond donors (Lipinski definition) is 1. The summed E-state index contributed by atoms with van der Waals surface area (Å²) in [5.74, 6) is 0. The number of nitrogens with one attached hydrogen (secondary N) is 1. The van der Waals surface area contributed by atoms with Crippen molar-refractivity contribution in [3.05, 3.63) is 36.9 Å². The normalized spacial score (nSPS) is 18.7. The molecule has 0 unspecified atom stereocenters. The lowest BCUT2D eigenvalue weighted by Crippen LogP contribution is -2.38. The Kier molecular flexibility index (Phi) is 2.83. The second-order valence-corrected chi connectivity index (χ2v) is 5.06. The largest absolute Gasteiger partial charge is 0.317 e. The smallest absolute Gasteiger partial charge is 0.115 e. The van der Waals surface area contributed by atoms with E-state index in [4.69, 9.17) is 0 Å². The zero-order valence-corrected chi connectivity index (χ0v) is 10.5. The lowest BCUT2D eigenvalue weighted by molar-refractivity contribution is 0.324. The number of piperidine rings is 1. The molecule has 0 bridgehead atoms. The Hall–Kier alpha value is -1.75. The molecule has 1 aliphatic rings. The van der Waals surface area contributed by atoms with Crippen LogP contribution >= 0.6 is 0 Å². The quantitative estimate of drug-likeness (QED) is 0.864. The van der Waals surface area contributed by atoms with Crippen LogP contribution in [0.5, 0.6) is 0 Å². The predicted molar refractivity (Wildman–Crippen MR) is 68.6 cm³/mol. The van der Waals surface area contributed by atoms with E-state index in [0.29, 0.717) is 0 Å². The van der Waals surface area contributed by atoms with Gasteiger partial charge in [0.15, 0.2) is 0 Å². The fraction of sp³-hybridized carbons (Fsp3) is 0.462. The minimum Gasteiger partial charge on any atom is -0.317 e. The monoisotopic (exact) mass is 243 g/mol. The second kappa shape index (κ2) is 4.49. The number of imidazole rings is 1. The van der Waals surface area contributed by atoms with Crippen LogP contribution in [-0.4, -0.2) is 32.6 Å². The van der Waals surface area contributed by atoms with Gasteiger partial charge in [-0.1, -0.05) is 6.92 Å². The van der Waals surface area contributed by atoms with Crippen LogP contribution in [-0.2, 0) is 5.41 Å². The van der Waals surface area contributed by atoms with Gasteiger partial charge in [0.05, 0.1) is 24.4 Å². The third-order valence-electron chi connectivity index (χ3n) is 3.79. The zero-order chi connectivity index (χ0) is 12.4. The van der Waals surface area contributed by atoms with Crippen molar-refractivity contribution in [3.8, 4) is 5.69 Å². The molecule has 0 radical (unpaired) electrons. The summed E-state index contributed by atoms with van der Waals surface area (Å²) >= 11 is 0. The van der Waals surface area contributed by atoms with E-state index in [1.165, 1.54) is 5.69 Å². The average molecular weight is 243 g/mol. The summed E-state index contributed by atoms with van der Waals surface area (Å²) in [6, 6.07) is 0. The molecule has 1 N–H and O–H groups in total. The van der Waals surface area contributed by atoms with E-state index in [9.17, 15) is 0 Å². The third kappa shape index (κ3) is 1.90. The van der Waals surface area contributed by atoms with Crippen molar-refractivity contribution < 1.29 is 0 Å². The maximum atomic E-state index is 4.31. The maximum Gasteiger partial charge on any atom is 0.115 e. The van der Waals surface area contributed by atoms with Crippen molar-refractivity contribution in [1.82, 2.24) is 24.8 Å². The van der Waals surface area contributed by atoms with E-state index in [0.717, 1.165) is 31.6 Å². The van der Waals surface area contributed by atoms with Gasteiger partial charge in [-0.15, -0.1) is 0 Å². The maximum absolute atomic E-state index is 4.31. The first-order chi connectivity index (χ1) is 8.80. The molecule has 18 heavy (non-hydrogen) atoms. The molecule has 2 aromatic rings. The molecular formula is C13H17N5. The molecule has 5 nitrogen and oxygen atoms in total. The van der Waals surface area contributed by atoms with Gasteiger partial charge in [0.2, 0.25) is 0 Å². The van der Waals surface area contributed by atoms with Crippen LogP contribution < -0.4 is 5.32 Å². The summed E-state index contributed by atoms with van der Waals surface area (Å²) in [6.07, 6.45) is 11.3. The second-order valence-electron chi connectivity index (χ2n) is 5.06. The van der Waals surface area contributed by atoms with Gasteiger partial charge in [0.1, 0.15) is 6.33 Å². The van der Waals surface area contributed by atoms with Crippen LogP contribution in [0, 0.1) is 0 Å². The third-order valence-corrected chi connectivity index (χ3v) is 3.79. The Bertz CT molecular complexity index is 513. The van der Waals surface area contributed by atoms with Gasteiger partial charge in [-0.25, -0.2) is 15.0 Å². The fourth-order valence-electron chi connectivity index (χ4n) is 2.60. The van der Waals surface area contributed by atoms with Crippen LogP contribution in [0.1, 0.15) is 25.5 Å². The molecule has 0 amide bonds. The highest BCUT2D eigenvalue weighted by molar-refractivity contribution is 5.31. The van der Waals surface area contributed by atoms with Crippen molar-refractivity contribution in [1.29, 1.82) is 0 Å². The highest BCUT2D eigenvalue weighted by Gasteiger charge is 2.31. The summed E-state index contributed by atoms with van der Waals surface area (Å²) in [4.78, 5) is 12.5. The van der Waals surface area contributed by atoms with Crippen LogP contribution in [0.3, 0.4) is 0 Å². The summed E-state index contributed by atoms with van der Waals surface area (Å²) < 4.78 is 2.10. The van der Waals surface area contributed by atoms with Crippen LogP contribution in [0.15, 0.2) is 31.2 Å². The highest BCUT2D eigenvalue weighted by Crippen LogP contribution is 2.33. The first-order valence-electron chi connectivity index (χ1n) is 6.28. The molecule has 0 spiro atoms.